The molecular weight excluding hydrogens is 923 g/mol. The van der Waals surface area contributed by atoms with E-state index in [9.17, 15) is 33.6 Å². The summed E-state index contributed by atoms with van der Waals surface area (Å²) >= 11 is 0. The Morgan fingerprint density at radius 3 is 0.903 bits per heavy atom. The highest BCUT2D eigenvalue weighted by molar-refractivity contribution is 5.78. The molecule has 0 fully saturated rings. The van der Waals surface area contributed by atoms with E-state index >= 15 is 0 Å². The van der Waals surface area contributed by atoms with Gasteiger partial charge in [0.2, 0.25) is 0 Å². The molecule has 0 atom stereocenters. The fraction of sp³-hybridized carbons (Fsp3) is 0.877. The molecule has 0 saturated carbocycles. The Morgan fingerprint density at radius 1 is 0.361 bits per heavy atom. The van der Waals surface area contributed by atoms with Crippen LogP contribution >= 0.6 is 0 Å². The van der Waals surface area contributed by atoms with Crippen molar-refractivity contribution in [2.45, 2.75) is 240 Å². The second-order valence-corrected chi connectivity index (χ2v) is 20.4. The highest BCUT2D eigenvalue weighted by Gasteiger charge is 2.39. The second kappa shape index (κ2) is 47.0. The lowest BCUT2D eigenvalue weighted by molar-refractivity contribution is -0.170. The van der Waals surface area contributed by atoms with Gasteiger partial charge in [-0.25, -0.2) is 0 Å². The highest BCUT2D eigenvalue weighted by atomic mass is 16.6. The van der Waals surface area contributed by atoms with Gasteiger partial charge >= 0.3 is 41.8 Å². The molecule has 0 aromatic heterocycles. The van der Waals surface area contributed by atoms with E-state index in [1.54, 1.807) is 0 Å². The average Bonchev–Trinajstić information content (AvgIpc) is 3.36. The number of likely N-dealkylation sites (N-methyl/N-ethyl adjacent to an activating group) is 1. The number of ether oxygens (including phenoxy) is 7. The van der Waals surface area contributed by atoms with Crippen LogP contribution in [0.25, 0.3) is 0 Å². The van der Waals surface area contributed by atoms with Gasteiger partial charge in [0, 0.05) is 56.9 Å². The summed E-state index contributed by atoms with van der Waals surface area (Å²) in [6.45, 7) is 9.61. The second-order valence-electron chi connectivity index (χ2n) is 20.4. The van der Waals surface area contributed by atoms with Gasteiger partial charge in [0.25, 0.3) is 0 Å². The van der Waals surface area contributed by atoms with E-state index in [1.165, 1.54) is 32.6 Å². The molecule has 72 heavy (non-hydrogen) atoms. The van der Waals surface area contributed by atoms with Gasteiger partial charge in [-0.2, -0.15) is 0 Å². The third kappa shape index (κ3) is 41.7. The van der Waals surface area contributed by atoms with Gasteiger partial charge in [0.05, 0.1) is 26.4 Å². The fourth-order valence-electron chi connectivity index (χ4n) is 7.68. The van der Waals surface area contributed by atoms with Crippen LogP contribution < -0.4 is 0 Å². The molecular formula is C57H103NO14. The highest BCUT2D eigenvalue weighted by Crippen LogP contribution is 2.23. The minimum absolute atomic E-state index is 0.0256. The van der Waals surface area contributed by atoms with Crippen molar-refractivity contribution in [3.63, 3.8) is 0 Å². The van der Waals surface area contributed by atoms with Crippen LogP contribution in [0.1, 0.15) is 240 Å². The zero-order valence-corrected chi connectivity index (χ0v) is 46.6. The smallest absolute Gasteiger partial charge is 0.318 e. The standard InChI is InChI=1S/C57H103NO14/c1-8-12-16-20-24-28-32-50(59)67-42-48(43-68-51(60)33-29-25-21-17-13-9-2)36-38-54(63)71-46-57(5,56(65)66-41-40-58(6)7)47-72-55(64)39-37-49(44-69-52(61)34-30-26-22-18-14-10-3)45-70-53(62)35-31-27-23-19-15-11-4/h48-49H,8-47H2,1-7H3. The van der Waals surface area contributed by atoms with Gasteiger partial charge in [-0.15, -0.1) is 0 Å². The molecule has 0 saturated heterocycles. The monoisotopic (exact) mass is 1030 g/mol. The maximum Gasteiger partial charge on any atom is 0.318 e. The molecule has 0 aliphatic heterocycles. The van der Waals surface area contributed by atoms with E-state index < -0.39 is 48.4 Å². The van der Waals surface area contributed by atoms with Crippen LogP contribution in [-0.2, 0) is 66.7 Å². The summed E-state index contributed by atoms with van der Waals surface area (Å²) in [5.74, 6) is -4.28. The molecule has 0 aromatic rings. The number of carbonyl (C=O) groups is 7. The predicted octanol–water partition coefficient (Wildman–Crippen LogP) is 12.2. The lowest BCUT2D eigenvalue weighted by Crippen LogP contribution is -2.41. The Labute approximate surface area is 436 Å². The molecule has 0 amide bonds. The third-order valence-corrected chi connectivity index (χ3v) is 12.7. The molecule has 0 N–H and O–H groups in total. The number of rotatable bonds is 50. The molecule has 0 aliphatic carbocycles. The minimum Gasteiger partial charge on any atom is -0.465 e. The maximum absolute atomic E-state index is 13.5. The number of hydrogen-bond acceptors (Lipinski definition) is 15. The van der Waals surface area contributed by atoms with Crippen molar-refractivity contribution in [1.29, 1.82) is 0 Å². The first-order valence-electron chi connectivity index (χ1n) is 28.4. The van der Waals surface area contributed by atoms with Crippen molar-refractivity contribution in [2.24, 2.45) is 17.3 Å². The zero-order chi connectivity index (χ0) is 53.5. The van der Waals surface area contributed by atoms with Crippen LogP contribution in [0.4, 0.5) is 0 Å². The molecule has 0 aromatic carbocycles. The van der Waals surface area contributed by atoms with E-state index in [1.807, 2.05) is 19.0 Å². The van der Waals surface area contributed by atoms with E-state index in [-0.39, 0.29) is 108 Å². The van der Waals surface area contributed by atoms with Gasteiger partial charge in [0.15, 0.2) is 0 Å². The first-order chi connectivity index (χ1) is 34.7. The van der Waals surface area contributed by atoms with Crippen molar-refractivity contribution in [3.8, 4) is 0 Å². The normalized spacial score (nSPS) is 11.5. The molecule has 0 aliphatic rings. The van der Waals surface area contributed by atoms with Crippen LogP contribution in [0.15, 0.2) is 0 Å². The van der Waals surface area contributed by atoms with Crippen molar-refractivity contribution in [3.05, 3.63) is 0 Å². The van der Waals surface area contributed by atoms with Crippen molar-refractivity contribution < 1.29 is 66.7 Å². The fourth-order valence-corrected chi connectivity index (χ4v) is 7.68. The minimum atomic E-state index is -1.56. The molecule has 0 unspecified atom stereocenters. The van der Waals surface area contributed by atoms with E-state index in [2.05, 4.69) is 27.7 Å². The van der Waals surface area contributed by atoms with Crippen molar-refractivity contribution in [1.82, 2.24) is 4.90 Å². The van der Waals surface area contributed by atoms with Crippen molar-refractivity contribution >= 4 is 41.8 Å². The van der Waals surface area contributed by atoms with E-state index in [0.717, 1.165) is 128 Å². The Bertz CT molecular complexity index is 1270. The summed E-state index contributed by atoms with van der Waals surface area (Å²) in [4.78, 5) is 92.5. The van der Waals surface area contributed by atoms with Crippen LogP contribution in [0, 0.1) is 17.3 Å². The first kappa shape index (κ1) is 68.2. The Hall–Kier alpha value is -3.75. The largest absolute Gasteiger partial charge is 0.465 e. The van der Waals surface area contributed by atoms with Gasteiger partial charge in [-0.1, -0.05) is 156 Å². The molecule has 15 nitrogen and oxygen atoms in total. The molecule has 0 heterocycles. The number of hydrogen-bond donors (Lipinski definition) is 0. The van der Waals surface area contributed by atoms with Crippen LogP contribution in [0.2, 0.25) is 0 Å². The van der Waals surface area contributed by atoms with Crippen LogP contribution in [-0.4, -0.2) is 114 Å². The summed E-state index contributed by atoms with van der Waals surface area (Å²) < 4.78 is 39.2. The summed E-state index contributed by atoms with van der Waals surface area (Å²) in [6.07, 6.45) is 26.0. The zero-order valence-electron chi connectivity index (χ0n) is 46.6. The third-order valence-electron chi connectivity index (χ3n) is 12.7. The molecule has 15 heteroatoms. The lowest BCUT2D eigenvalue weighted by Gasteiger charge is -2.27. The van der Waals surface area contributed by atoms with Gasteiger partial charge < -0.3 is 38.1 Å². The predicted molar refractivity (Wildman–Crippen MR) is 281 cm³/mol. The number of carbonyl (C=O) groups excluding carboxylic acids is 7. The van der Waals surface area contributed by atoms with Crippen LogP contribution in [0.3, 0.4) is 0 Å². The molecule has 0 rings (SSSR count). The summed E-state index contributed by atoms with van der Waals surface area (Å²) in [5, 5.41) is 0. The molecule has 0 spiro atoms. The Kier molecular flexibility index (Phi) is 44.5. The molecule has 0 radical (unpaired) electrons. The van der Waals surface area contributed by atoms with Gasteiger partial charge in [-0.3, -0.25) is 33.6 Å². The average molecular weight is 1030 g/mol. The molecule has 0 bridgehead atoms. The van der Waals surface area contributed by atoms with Gasteiger partial charge in [-0.05, 0) is 59.5 Å². The summed E-state index contributed by atoms with van der Waals surface area (Å²) in [5.41, 5.74) is -1.56. The Morgan fingerprint density at radius 2 is 0.625 bits per heavy atom. The van der Waals surface area contributed by atoms with Crippen molar-refractivity contribution in [2.75, 3.05) is 66.9 Å². The quantitative estimate of drug-likeness (QED) is 0.0318. The van der Waals surface area contributed by atoms with E-state index in [0.29, 0.717) is 6.54 Å². The summed E-state index contributed by atoms with van der Waals surface area (Å²) in [7, 11) is 3.66. The van der Waals surface area contributed by atoms with E-state index in [4.69, 9.17) is 33.2 Å². The lowest BCUT2D eigenvalue weighted by atomic mass is 9.93. The number of nitrogens with zero attached hydrogens (tertiary/aromatic N) is 1. The van der Waals surface area contributed by atoms with Gasteiger partial charge in [0.1, 0.15) is 25.2 Å². The Balaban J connectivity index is 5.65. The topological polar surface area (TPSA) is 187 Å². The molecule has 420 valence electrons. The maximum atomic E-state index is 13.5. The number of unbranched alkanes of at least 4 members (excludes halogenated alkanes) is 20. The number of esters is 7. The SMILES string of the molecule is CCCCCCCCC(=O)OCC(CCC(=O)OCC(C)(COC(=O)CCC(COC(=O)CCCCCCCC)COC(=O)CCCCCCCC)C(=O)OCCN(C)C)COC(=O)CCCCCCCC. The van der Waals surface area contributed by atoms with Crippen LogP contribution in [0.5, 0.6) is 0 Å². The first-order valence-corrected chi connectivity index (χ1v) is 28.4. The summed E-state index contributed by atoms with van der Waals surface area (Å²) in [6, 6.07) is 0.